The normalized spacial score (nSPS) is 18.4. The third-order valence-electron chi connectivity index (χ3n) is 3.62. The number of hydrogen-bond donors (Lipinski definition) is 1. The smallest absolute Gasteiger partial charge is 0.127 e. The monoisotopic (exact) mass is 241 g/mol. The highest BCUT2D eigenvalue weighted by Crippen LogP contribution is 2.31. The van der Waals surface area contributed by atoms with Crippen LogP contribution in [0, 0.1) is 12.7 Å². The third-order valence-corrected chi connectivity index (χ3v) is 3.62. The van der Waals surface area contributed by atoms with Gasteiger partial charge in [0.2, 0.25) is 0 Å². The first-order valence-electron chi connectivity index (χ1n) is 6.30. The van der Waals surface area contributed by atoms with Crippen molar-refractivity contribution in [2.75, 3.05) is 6.54 Å². The largest absolute Gasteiger partial charge is 0.312 e. The van der Waals surface area contributed by atoms with Crippen molar-refractivity contribution in [3.8, 4) is 0 Å². The molecule has 0 fully saturated rings. The van der Waals surface area contributed by atoms with Gasteiger partial charge in [-0.2, -0.15) is 0 Å². The molecule has 0 spiro atoms. The second-order valence-corrected chi connectivity index (χ2v) is 4.91. The van der Waals surface area contributed by atoms with Crippen molar-refractivity contribution in [2.45, 2.75) is 19.4 Å². The maximum absolute atomic E-state index is 14.0. The Balaban J connectivity index is 2.11. The lowest BCUT2D eigenvalue weighted by Crippen LogP contribution is -2.29. The molecule has 1 N–H and O–H groups in total. The van der Waals surface area contributed by atoms with E-state index in [1.807, 2.05) is 31.2 Å². The Morgan fingerprint density at radius 3 is 2.83 bits per heavy atom. The average molecular weight is 241 g/mol. The van der Waals surface area contributed by atoms with Gasteiger partial charge < -0.3 is 5.32 Å². The Morgan fingerprint density at radius 2 is 1.94 bits per heavy atom. The molecule has 0 aliphatic carbocycles. The number of rotatable bonds is 1. The highest BCUT2D eigenvalue weighted by molar-refractivity contribution is 5.41. The maximum atomic E-state index is 14.0. The molecular formula is C16H16FN. The van der Waals surface area contributed by atoms with Crippen LogP contribution in [0.5, 0.6) is 0 Å². The summed E-state index contributed by atoms with van der Waals surface area (Å²) < 4.78 is 14.0. The molecule has 2 heteroatoms. The Kier molecular flexibility index (Phi) is 2.88. The zero-order chi connectivity index (χ0) is 12.5. The van der Waals surface area contributed by atoms with Gasteiger partial charge in [-0.1, -0.05) is 42.0 Å². The van der Waals surface area contributed by atoms with Gasteiger partial charge in [-0.25, -0.2) is 4.39 Å². The minimum Gasteiger partial charge on any atom is -0.312 e. The average Bonchev–Trinajstić information content (AvgIpc) is 2.41. The second-order valence-electron chi connectivity index (χ2n) is 4.91. The fraction of sp³-hybridized carbons (Fsp3) is 0.250. The van der Waals surface area contributed by atoms with Gasteiger partial charge in [-0.15, -0.1) is 0 Å². The topological polar surface area (TPSA) is 12.0 Å². The summed E-state index contributed by atoms with van der Waals surface area (Å²) in [6.07, 6.45) is 0. The molecule has 0 saturated carbocycles. The summed E-state index contributed by atoms with van der Waals surface area (Å²) in [5, 5.41) is 3.37. The van der Waals surface area contributed by atoms with Gasteiger partial charge in [0.15, 0.2) is 0 Å². The molecule has 18 heavy (non-hydrogen) atoms. The highest BCUT2D eigenvalue weighted by atomic mass is 19.1. The molecule has 3 rings (SSSR count). The molecular weight excluding hydrogens is 225 g/mol. The first-order chi connectivity index (χ1) is 8.75. The molecule has 0 radical (unpaired) electrons. The predicted molar refractivity (Wildman–Crippen MR) is 71.1 cm³/mol. The minimum absolute atomic E-state index is 0.107. The Hall–Kier alpha value is -1.67. The van der Waals surface area contributed by atoms with Gasteiger partial charge in [0.1, 0.15) is 5.82 Å². The SMILES string of the molecule is Cc1ccc(F)c(C2CNCc3ccccc32)c1. The summed E-state index contributed by atoms with van der Waals surface area (Å²) in [4.78, 5) is 0. The summed E-state index contributed by atoms with van der Waals surface area (Å²) in [5.74, 6) is 0.0129. The number of nitrogens with one attached hydrogen (secondary N) is 1. The van der Waals surface area contributed by atoms with E-state index in [2.05, 4.69) is 17.4 Å². The number of benzene rings is 2. The lowest BCUT2D eigenvalue weighted by Gasteiger charge is -2.27. The summed E-state index contributed by atoms with van der Waals surface area (Å²) in [6.45, 7) is 3.68. The first kappa shape index (κ1) is 11.4. The van der Waals surface area contributed by atoms with Gasteiger partial charge in [0.25, 0.3) is 0 Å². The molecule has 0 aromatic heterocycles. The van der Waals surface area contributed by atoms with Crippen LogP contribution < -0.4 is 5.32 Å². The van der Waals surface area contributed by atoms with Crippen LogP contribution in [0.2, 0.25) is 0 Å². The Bertz CT molecular complexity index is 577. The van der Waals surface area contributed by atoms with Crippen LogP contribution in [-0.4, -0.2) is 6.54 Å². The van der Waals surface area contributed by atoms with Crippen molar-refractivity contribution in [3.05, 3.63) is 70.5 Å². The van der Waals surface area contributed by atoms with E-state index in [1.54, 1.807) is 6.07 Å². The van der Waals surface area contributed by atoms with Crippen LogP contribution in [0.1, 0.15) is 28.2 Å². The van der Waals surface area contributed by atoms with Gasteiger partial charge in [-0.05, 0) is 29.7 Å². The van der Waals surface area contributed by atoms with Gasteiger partial charge in [0.05, 0.1) is 0 Å². The molecule has 1 heterocycles. The van der Waals surface area contributed by atoms with Crippen LogP contribution in [0.3, 0.4) is 0 Å². The molecule has 1 aliphatic heterocycles. The van der Waals surface area contributed by atoms with E-state index in [9.17, 15) is 4.39 Å². The molecule has 2 aromatic carbocycles. The van der Waals surface area contributed by atoms with Crippen molar-refractivity contribution < 1.29 is 4.39 Å². The third kappa shape index (κ3) is 1.93. The minimum atomic E-state index is -0.107. The van der Waals surface area contributed by atoms with E-state index in [0.717, 1.165) is 24.2 Å². The van der Waals surface area contributed by atoms with E-state index in [4.69, 9.17) is 0 Å². The fourth-order valence-electron chi connectivity index (χ4n) is 2.70. The van der Waals surface area contributed by atoms with Gasteiger partial charge >= 0.3 is 0 Å². The molecule has 1 unspecified atom stereocenters. The summed E-state index contributed by atoms with van der Waals surface area (Å²) in [7, 11) is 0. The number of aryl methyl sites for hydroxylation is 1. The summed E-state index contributed by atoms with van der Waals surface area (Å²) in [5.41, 5.74) is 4.43. The van der Waals surface area contributed by atoms with E-state index < -0.39 is 0 Å². The summed E-state index contributed by atoms with van der Waals surface area (Å²) in [6, 6.07) is 13.7. The van der Waals surface area contributed by atoms with Crippen molar-refractivity contribution in [2.24, 2.45) is 0 Å². The molecule has 1 aliphatic rings. The second kappa shape index (κ2) is 4.54. The van der Waals surface area contributed by atoms with Crippen molar-refractivity contribution in [1.29, 1.82) is 0 Å². The van der Waals surface area contributed by atoms with Crippen LogP contribution in [0.15, 0.2) is 42.5 Å². The van der Waals surface area contributed by atoms with Crippen LogP contribution in [0.25, 0.3) is 0 Å². The van der Waals surface area contributed by atoms with Crippen molar-refractivity contribution >= 4 is 0 Å². The lowest BCUT2D eigenvalue weighted by molar-refractivity contribution is 0.550. The Labute approximate surface area is 107 Å². The zero-order valence-corrected chi connectivity index (χ0v) is 10.4. The predicted octanol–water partition coefficient (Wildman–Crippen LogP) is 3.37. The van der Waals surface area contributed by atoms with Crippen molar-refractivity contribution in [1.82, 2.24) is 5.32 Å². The number of halogens is 1. The molecule has 1 nitrogen and oxygen atoms in total. The first-order valence-corrected chi connectivity index (χ1v) is 6.30. The molecule has 92 valence electrons. The van der Waals surface area contributed by atoms with Crippen LogP contribution in [-0.2, 0) is 6.54 Å². The van der Waals surface area contributed by atoms with E-state index in [-0.39, 0.29) is 11.7 Å². The number of fused-ring (bicyclic) bond motifs is 1. The molecule has 0 bridgehead atoms. The highest BCUT2D eigenvalue weighted by Gasteiger charge is 2.23. The molecule has 1 atom stereocenters. The van der Waals surface area contributed by atoms with E-state index >= 15 is 0 Å². The van der Waals surface area contributed by atoms with E-state index in [1.165, 1.54) is 11.1 Å². The molecule has 2 aromatic rings. The summed E-state index contributed by atoms with van der Waals surface area (Å²) >= 11 is 0. The van der Waals surface area contributed by atoms with Crippen LogP contribution >= 0.6 is 0 Å². The maximum Gasteiger partial charge on any atom is 0.127 e. The van der Waals surface area contributed by atoms with Gasteiger partial charge in [0, 0.05) is 19.0 Å². The molecule has 0 saturated heterocycles. The quantitative estimate of drug-likeness (QED) is 0.807. The fourth-order valence-corrected chi connectivity index (χ4v) is 2.70. The van der Waals surface area contributed by atoms with Crippen LogP contribution in [0.4, 0.5) is 4.39 Å². The van der Waals surface area contributed by atoms with Gasteiger partial charge in [-0.3, -0.25) is 0 Å². The number of hydrogen-bond acceptors (Lipinski definition) is 1. The molecule has 0 amide bonds. The standard InChI is InChI=1S/C16H16FN/c1-11-6-7-16(17)14(8-11)15-10-18-9-12-4-2-3-5-13(12)15/h2-8,15,18H,9-10H2,1H3. The van der Waals surface area contributed by atoms with E-state index in [0.29, 0.717) is 0 Å². The van der Waals surface area contributed by atoms with Crippen molar-refractivity contribution in [3.63, 3.8) is 0 Å². The Morgan fingerprint density at radius 1 is 1.11 bits per heavy atom. The zero-order valence-electron chi connectivity index (χ0n) is 10.4. The lowest BCUT2D eigenvalue weighted by atomic mass is 9.85.